The Morgan fingerprint density at radius 3 is 1.90 bits per heavy atom. The second-order valence-corrected chi connectivity index (χ2v) is 11.0. The third-order valence-electron chi connectivity index (χ3n) is 8.43. The van der Waals surface area contributed by atoms with Crippen LogP contribution in [0.25, 0.3) is 0 Å². The maximum absolute atomic E-state index is 13.7. The molecule has 2 aromatic carbocycles. The minimum atomic E-state index is -5.07. The van der Waals surface area contributed by atoms with E-state index in [9.17, 15) is 40.3 Å². The van der Waals surface area contributed by atoms with Crippen molar-refractivity contribution in [1.29, 1.82) is 0 Å². The lowest BCUT2D eigenvalue weighted by Crippen LogP contribution is -2.48. The van der Waals surface area contributed by atoms with Gasteiger partial charge < -0.3 is 15.1 Å². The first kappa shape index (κ1) is 31.6. The van der Waals surface area contributed by atoms with Crippen molar-refractivity contribution in [2.45, 2.75) is 56.0 Å². The summed E-state index contributed by atoms with van der Waals surface area (Å²) in [6.45, 7) is 0.337. The van der Waals surface area contributed by atoms with E-state index < -0.39 is 53.0 Å². The van der Waals surface area contributed by atoms with E-state index in [1.54, 1.807) is 17.0 Å². The van der Waals surface area contributed by atoms with Gasteiger partial charge in [-0.1, -0.05) is 12.1 Å². The maximum atomic E-state index is 13.7. The molecule has 2 aliphatic rings. The molecule has 2 fully saturated rings. The number of benzene rings is 2. The number of likely N-dealkylation sites (N-methyl/N-ethyl adjacent to an activating group) is 1. The number of halogens is 7. The summed E-state index contributed by atoms with van der Waals surface area (Å²) in [5, 5.41) is 3.22. The number of urea groups is 1. The van der Waals surface area contributed by atoms with E-state index in [4.69, 9.17) is 0 Å². The van der Waals surface area contributed by atoms with Crippen LogP contribution in [-0.2, 0) is 17.1 Å². The standard InChI is InChI=1S/C29H33F7N4O2/c1-37-22-10-6-18(7-11-22)26(41)40-15-24(17-4-8-21(30)9-5-17)25(16-40)39(3)27(42)38(2)23-13-19(28(31,32)33)12-20(14-23)29(34,35)36/h4-5,8-9,12-14,18,22,24-25,37H,6-7,10-11,15-16H2,1-3H3. The summed E-state index contributed by atoms with van der Waals surface area (Å²) in [7, 11) is 4.36. The topological polar surface area (TPSA) is 55.9 Å². The predicted octanol–water partition coefficient (Wildman–Crippen LogP) is 6.12. The Bertz CT molecular complexity index is 1240. The summed E-state index contributed by atoms with van der Waals surface area (Å²) in [4.78, 5) is 30.7. The first-order valence-electron chi connectivity index (χ1n) is 13.6. The molecule has 1 saturated carbocycles. The fourth-order valence-corrected chi connectivity index (χ4v) is 5.90. The van der Waals surface area contributed by atoms with Crippen LogP contribution in [0.4, 0.5) is 41.2 Å². The molecule has 6 nitrogen and oxygen atoms in total. The van der Waals surface area contributed by atoms with Gasteiger partial charge in [-0.15, -0.1) is 0 Å². The van der Waals surface area contributed by atoms with Gasteiger partial charge in [0.25, 0.3) is 0 Å². The van der Waals surface area contributed by atoms with Gasteiger partial charge in [0.1, 0.15) is 5.82 Å². The Labute approximate surface area is 239 Å². The molecule has 230 valence electrons. The SMILES string of the molecule is CNC1CCC(C(=O)N2CC(c3ccc(F)cc3)C(N(C)C(=O)N(C)c3cc(C(F)(F)F)cc(C(F)(F)F)c3)C2)CC1. The van der Waals surface area contributed by atoms with Crippen LogP contribution in [0.15, 0.2) is 42.5 Å². The molecule has 1 N–H and O–H groups in total. The average molecular weight is 603 g/mol. The molecule has 0 aromatic heterocycles. The Morgan fingerprint density at radius 2 is 1.40 bits per heavy atom. The number of alkyl halides is 6. The van der Waals surface area contributed by atoms with E-state index >= 15 is 0 Å². The van der Waals surface area contributed by atoms with Crippen LogP contribution in [0, 0.1) is 11.7 Å². The number of rotatable bonds is 5. The second-order valence-electron chi connectivity index (χ2n) is 11.0. The zero-order valence-electron chi connectivity index (χ0n) is 23.4. The predicted molar refractivity (Wildman–Crippen MR) is 142 cm³/mol. The summed E-state index contributed by atoms with van der Waals surface area (Å²) in [6, 6.07) is 5.39. The lowest BCUT2D eigenvalue weighted by molar-refractivity contribution is -0.143. The van der Waals surface area contributed by atoms with Crippen molar-refractivity contribution >= 4 is 17.6 Å². The molecule has 2 unspecified atom stereocenters. The average Bonchev–Trinajstić information content (AvgIpc) is 3.40. The van der Waals surface area contributed by atoms with Crippen molar-refractivity contribution in [3.8, 4) is 0 Å². The van der Waals surface area contributed by atoms with Gasteiger partial charge in [0.2, 0.25) is 5.91 Å². The van der Waals surface area contributed by atoms with Gasteiger partial charge >= 0.3 is 18.4 Å². The molecule has 0 bridgehead atoms. The molecular formula is C29H33F7N4O2. The van der Waals surface area contributed by atoms with E-state index in [1.807, 2.05) is 7.05 Å². The van der Waals surface area contributed by atoms with Crippen molar-refractivity contribution in [2.75, 3.05) is 39.1 Å². The third-order valence-corrected chi connectivity index (χ3v) is 8.43. The van der Waals surface area contributed by atoms with Gasteiger partial charge in [0.05, 0.1) is 17.2 Å². The normalized spacial score (nSPS) is 23.1. The van der Waals surface area contributed by atoms with E-state index in [1.165, 1.54) is 24.1 Å². The largest absolute Gasteiger partial charge is 0.416 e. The van der Waals surface area contributed by atoms with Gasteiger partial charge in [-0.25, -0.2) is 9.18 Å². The molecule has 3 amide bonds. The first-order valence-corrected chi connectivity index (χ1v) is 13.6. The van der Waals surface area contributed by atoms with Crippen LogP contribution in [0.3, 0.4) is 0 Å². The van der Waals surface area contributed by atoms with Crippen LogP contribution in [0.5, 0.6) is 0 Å². The monoisotopic (exact) mass is 602 g/mol. The molecule has 2 atom stereocenters. The molecular weight excluding hydrogens is 569 g/mol. The van der Waals surface area contributed by atoms with Gasteiger partial charge in [0.15, 0.2) is 0 Å². The quantitative estimate of drug-likeness (QED) is 0.420. The minimum Gasteiger partial charge on any atom is -0.340 e. The smallest absolute Gasteiger partial charge is 0.340 e. The van der Waals surface area contributed by atoms with Crippen LogP contribution in [-0.4, -0.2) is 68.1 Å². The Balaban J connectivity index is 1.61. The second kappa shape index (κ2) is 12.1. The third kappa shape index (κ3) is 6.82. The first-order chi connectivity index (χ1) is 19.6. The number of anilines is 1. The molecule has 0 radical (unpaired) electrons. The maximum Gasteiger partial charge on any atom is 0.416 e. The summed E-state index contributed by atoms with van der Waals surface area (Å²) in [6.07, 6.45) is -7.07. The number of carbonyl (C=O) groups is 2. The van der Waals surface area contributed by atoms with Crippen molar-refractivity contribution < 1.29 is 40.3 Å². The minimum absolute atomic E-state index is 0.000590. The van der Waals surface area contributed by atoms with Crippen molar-refractivity contribution in [3.05, 3.63) is 65.0 Å². The van der Waals surface area contributed by atoms with Crippen LogP contribution in [0.1, 0.15) is 48.3 Å². The zero-order valence-corrected chi connectivity index (χ0v) is 23.4. The van der Waals surface area contributed by atoms with E-state index in [0.717, 1.165) is 24.8 Å². The highest BCUT2D eigenvalue weighted by molar-refractivity contribution is 5.92. The Morgan fingerprint density at radius 1 is 0.857 bits per heavy atom. The Kier molecular flexibility index (Phi) is 9.10. The number of hydrogen-bond donors (Lipinski definition) is 1. The van der Waals surface area contributed by atoms with Gasteiger partial charge in [-0.05, 0) is 68.6 Å². The highest BCUT2D eigenvalue weighted by Crippen LogP contribution is 2.39. The molecule has 2 aromatic rings. The summed E-state index contributed by atoms with van der Waals surface area (Å²) >= 11 is 0. The van der Waals surface area contributed by atoms with E-state index in [2.05, 4.69) is 5.32 Å². The number of hydrogen-bond acceptors (Lipinski definition) is 3. The van der Waals surface area contributed by atoms with Gasteiger partial charge in [-0.2, -0.15) is 26.3 Å². The molecule has 13 heteroatoms. The van der Waals surface area contributed by atoms with Crippen LogP contribution < -0.4 is 10.2 Å². The number of amides is 3. The summed E-state index contributed by atoms with van der Waals surface area (Å²) in [5.74, 6) is -1.20. The van der Waals surface area contributed by atoms with Crippen LogP contribution in [0.2, 0.25) is 0 Å². The Hall–Kier alpha value is -3.35. The highest BCUT2D eigenvalue weighted by atomic mass is 19.4. The van der Waals surface area contributed by atoms with Crippen molar-refractivity contribution in [1.82, 2.24) is 15.1 Å². The molecule has 0 spiro atoms. The lowest BCUT2D eigenvalue weighted by Gasteiger charge is -2.33. The van der Waals surface area contributed by atoms with Crippen molar-refractivity contribution in [2.24, 2.45) is 5.92 Å². The van der Waals surface area contributed by atoms with E-state index in [0.29, 0.717) is 36.6 Å². The van der Waals surface area contributed by atoms with Gasteiger partial charge in [-0.3, -0.25) is 9.69 Å². The molecule has 42 heavy (non-hydrogen) atoms. The molecule has 4 rings (SSSR count). The number of likely N-dealkylation sites (tertiary alicyclic amines) is 1. The summed E-state index contributed by atoms with van der Waals surface area (Å²) in [5.41, 5.74) is -3.01. The molecule has 1 saturated heterocycles. The molecule has 1 aliphatic carbocycles. The number of nitrogens with one attached hydrogen (secondary N) is 1. The number of nitrogens with zero attached hydrogens (tertiary/aromatic N) is 3. The summed E-state index contributed by atoms with van der Waals surface area (Å²) < 4.78 is 94.3. The fraction of sp³-hybridized carbons (Fsp3) is 0.517. The van der Waals surface area contributed by atoms with Crippen molar-refractivity contribution in [3.63, 3.8) is 0 Å². The molecule has 1 heterocycles. The van der Waals surface area contributed by atoms with Crippen LogP contribution >= 0.6 is 0 Å². The van der Waals surface area contributed by atoms with Gasteiger partial charge in [0, 0.05) is 50.7 Å². The fourth-order valence-electron chi connectivity index (χ4n) is 5.90. The zero-order chi connectivity index (χ0) is 31.0. The number of carbonyl (C=O) groups excluding carboxylic acids is 2. The molecule has 1 aliphatic heterocycles. The lowest BCUT2D eigenvalue weighted by atomic mass is 9.85. The van der Waals surface area contributed by atoms with E-state index in [-0.39, 0.29) is 31.0 Å². The highest BCUT2D eigenvalue weighted by Gasteiger charge is 2.43.